The summed E-state index contributed by atoms with van der Waals surface area (Å²) in [6.45, 7) is 3.35. The summed E-state index contributed by atoms with van der Waals surface area (Å²) in [5.74, 6) is 0.349. The molecule has 9 heteroatoms. The minimum atomic E-state index is -4.45. The van der Waals surface area contributed by atoms with Crippen LogP contribution in [0.4, 0.5) is 17.6 Å². The van der Waals surface area contributed by atoms with Crippen LogP contribution in [0.3, 0.4) is 0 Å². The number of aryl methyl sites for hydroxylation is 1. The van der Waals surface area contributed by atoms with E-state index in [1.807, 2.05) is 18.2 Å². The van der Waals surface area contributed by atoms with Crippen molar-refractivity contribution in [3.8, 4) is 11.5 Å². The predicted molar refractivity (Wildman–Crippen MR) is 140 cm³/mol. The van der Waals surface area contributed by atoms with Gasteiger partial charge in [0.1, 0.15) is 17.3 Å². The van der Waals surface area contributed by atoms with Crippen LogP contribution in [0.1, 0.15) is 40.2 Å². The first-order valence-electron chi connectivity index (χ1n) is 12.7. The van der Waals surface area contributed by atoms with Gasteiger partial charge in [0.25, 0.3) is 0 Å². The van der Waals surface area contributed by atoms with E-state index in [0.717, 1.165) is 23.3 Å². The normalized spacial score (nSPS) is 18.0. The number of hydrogen-bond acceptors (Lipinski definition) is 4. The molecule has 1 aliphatic heterocycles. The van der Waals surface area contributed by atoms with Gasteiger partial charge in [-0.1, -0.05) is 24.3 Å². The lowest BCUT2D eigenvalue weighted by Crippen LogP contribution is -2.45. The molecule has 0 radical (unpaired) electrons. The predicted octanol–water partition coefficient (Wildman–Crippen LogP) is 6.09. The summed E-state index contributed by atoms with van der Waals surface area (Å²) in [6.07, 6.45) is -3.91. The second-order valence-electron chi connectivity index (χ2n) is 9.97. The van der Waals surface area contributed by atoms with Gasteiger partial charge in [0, 0.05) is 32.2 Å². The Hall–Kier alpha value is -3.59. The Bertz CT molecular complexity index is 1290. The molecule has 4 rings (SSSR count). The number of nitrogens with one attached hydrogen (secondary N) is 1. The number of rotatable bonds is 8. The van der Waals surface area contributed by atoms with Crippen molar-refractivity contribution in [2.75, 3.05) is 27.3 Å². The van der Waals surface area contributed by atoms with Crippen LogP contribution in [-0.2, 0) is 24.1 Å². The first-order valence-corrected chi connectivity index (χ1v) is 12.7. The minimum Gasteiger partial charge on any atom is -0.497 e. The van der Waals surface area contributed by atoms with E-state index in [-0.39, 0.29) is 24.2 Å². The van der Waals surface area contributed by atoms with Crippen molar-refractivity contribution in [2.45, 2.75) is 38.5 Å². The fourth-order valence-corrected chi connectivity index (χ4v) is 5.08. The molecule has 0 spiro atoms. The Labute approximate surface area is 225 Å². The minimum absolute atomic E-state index is 0.00728. The van der Waals surface area contributed by atoms with Gasteiger partial charge in [-0.3, -0.25) is 9.69 Å². The largest absolute Gasteiger partial charge is 0.497 e. The fourth-order valence-electron chi connectivity index (χ4n) is 5.08. The molecule has 0 bridgehead atoms. The second kappa shape index (κ2) is 12.1. The first kappa shape index (κ1) is 28.4. The van der Waals surface area contributed by atoms with Gasteiger partial charge in [-0.05, 0) is 71.8 Å². The molecule has 1 aliphatic rings. The third kappa shape index (κ3) is 7.29. The quantitative estimate of drug-likeness (QED) is 0.349. The van der Waals surface area contributed by atoms with Crippen LogP contribution in [0, 0.1) is 18.7 Å². The molecule has 2 atom stereocenters. The lowest BCUT2D eigenvalue weighted by molar-refractivity contribution is -0.137. The van der Waals surface area contributed by atoms with Crippen LogP contribution < -0.4 is 14.8 Å². The van der Waals surface area contributed by atoms with Crippen molar-refractivity contribution in [1.82, 2.24) is 10.2 Å². The molecule has 0 aliphatic carbocycles. The molecule has 0 saturated carbocycles. The molecule has 39 heavy (non-hydrogen) atoms. The monoisotopic (exact) mass is 544 g/mol. The van der Waals surface area contributed by atoms with Gasteiger partial charge in [-0.15, -0.1) is 0 Å². The maximum Gasteiger partial charge on any atom is 0.416 e. The molecule has 3 aromatic rings. The Balaban J connectivity index is 1.53. The molecule has 5 nitrogen and oxygen atoms in total. The topological polar surface area (TPSA) is 50.8 Å². The highest BCUT2D eigenvalue weighted by molar-refractivity contribution is 5.79. The summed E-state index contributed by atoms with van der Waals surface area (Å²) in [5.41, 5.74) is 2.05. The number of likely N-dealkylation sites (tertiary alicyclic amines) is 1. The molecule has 1 amide bonds. The molecule has 3 aromatic carbocycles. The van der Waals surface area contributed by atoms with Crippen LogP contribution in [0.5, 0.6) is 11.5 Å². The van der Waals surface area contributed by atoms with Crippen molar-refractivity contribution < 1.29 is 31.8 Å². The molecule has 1 N–H and O–H groups in total. The summed E-state index contributed by atoms with van der Waals surface area (Å²) in [5, 5.41) is 2.83. The van der Waals surface area contributed by atoms with Crippen molar-refractivity contribution in [1.29, 1.82) is 0 Å². The second-order valence-corrected chi connectivity index (χ2v) is 9.97. The summed E-state index contributed by atoms with van der Waals surface area (Å²) in [7, 11) is 3.16. The number of ether oxygens (including phenoxy) is 2. The van der Waals surface area contributed by atoms with Crippen LogP contribution in [0.15, 0.2) is 60.7 Å². The SMILES string of the molecule is COc1cc(CN2CC(C(=O)NCc3cccc(C(F)(F)F)c3)CC(c3ccc(F)c(C)c3)C2)cc(OC)c1. The van der Waals surface area contributed by atoms with E-state index in [1.165, 1.54) is 12.1 Å². The zero-order valence-corrected chi connectivity index (χ0v) is 22.1. The summed E-state index contributed by atoms with van der Waals surface area (Å²) in [6, 6.07) is 15.6. The first-order chi connectivity index (χ1) is 18.5. The summed E-state index contributed by atoms with van der Waals surface area (Å²) < 4.78 is 64.1. The standard InChI is InChI=1S/C30H32F4N2O3/c1-19-9-22(7-8-28(19)31)23-13-24(29(37)35-15-20-5-4-6-25(10-20)30(32,33)34)18-36(17-23)16-21-11-26(38-2)14-27(12-21)39-3/h4-12,14,23-24H,13,15-18H2,1-3H3,(H,35,37). The number of halogens is 4. The molecular formula is C30H32F4N2O3. The number of carbonyl (C=O) groups excluding carboxylic acids is 1. The van der Waals surface area contributed by atoms with Crippen molar-refractivity contribution >= 4 is 5.91 Å². The molecule has 1 saturated heterocycles. The van der Waals surface area contributed by atoms with Crippen molar-refractivity contribution in [3.05, 3.63) is 94.3 Å². The van der Waals surface area contributed by atoms with E-state index in [9.17, 15) is 22.4 Å². The number of nitrogens with zero attached hydrogens (tertiary/aromatic N) is 1. The van der Waals surface area contributed by atoms with Gasteiger partial charge in [0.15, 0.2) is 0 Å². The van der Waals surface area contributed by atoms with Gasteiger partial charge >= 0.3 is 6.18 Å². The van der Waals surface area contributed by atoms with Gasteiger partial charge in [0.05, 0.1) is 25.7 Å². The average Bonchev–Trinajstić information content (AvgIpc) is 2.92. The Kier molecular flexibility index (Phi) is 8.80. The highest BCUT2D eigenvalue weighted by atomic mass is 19.4. The van der Waals surface area contributed by atoms with Gasteiger partial charge in [-0.25, -0.2) is 4.39 Å². The lowest BCUT2D eigenvalue weighted by atomic mass is 9.83. The van der Waals surface area contributed by atoms with E-state index in [0.29, 0.717) is 48.7 Å². The third-order valence-corrected chi connectivity index (χ3v) is 7.09. The number of carbonyl (C=O) groups is 1. The number of benzene rings is 3. The Morgan fingerprint density at radius 2 is 1.69 bits per heavy atom. The van der Waals surface area contributed by atoms with Crippen LogP contribution in [0.2, 0.25) is 0 Å². The fraction of sp³-hybridized carbons (Fsp3) is 0.367. The zero-order chi connectivity index (χ0) is 28.2. The van der Waals surface area contributed by atoms with Gasteiger partial charge in [0.2, 0.25) is 5.91 Å². The van der Waals surface area contributed by atoms with E-state index >= 15 is 0 Å². The average molecular weight is 545 g/mol. The summed E-state index contributed by atoms with van der Waals surface area (Å²) >= 11 is 0. The number of amides is 1. The van der Waals surface area contributed by atoms with Crippen molar-refractivity contribution in [3.63, 3.8) is 0 Å². The Morgan fingerprint density at radius 3 is 2.33 bits per heavy atom. The third-order valence-electron chi connectivity index (χ3n) is 7.09. The zero-order valence-electron chi connectivity index (χ0n) is 22.1. The van der Waals surface area contributed by atoms with Crippen molar-refractivity contribution in [2.24, 2.45) is 5.92 Å². The molecule has 1 fully saturated rings. The maximum absolute atomic E-state index is 14.0. The smallest absolute Gasteiger partial charge is 0.416 e. The molecule has 208 valence electrons. The highest BCUT2D eigenvalue weighted by Gasteiger charge is 2.33. The molecule has 2 unspecified atom stereocenters. The number of hydrogen-bond donors (Lipinski definition) is 1. The van der Waals surface area contributed by atoms with Crippen LogP contribution in [-0.4, -0.2) is 38.1 Å². The lowest BCUT2D eigenvalue weighted by Gasteiger charge is -2.37. The van der Waals surface area contributed by atoms with Gasteiger partial charge in [-0.2, -0.15) is 13.2 Å². The molecular weight excluding hydrogens is 512 g/mol. The highest BCUT2D eigenvalue weighted by Crippen LogP contribution is 2.34. The molecule has 1 heterocycles. The van der Waals surface area contributed by atoms with E-state index in [4.69, 9.17) is 9.47 Å². The molecule has 0 aromatic heterocycles. The van der Waals surface area contributed by atoms with E-state index in [1.54, 1.807) is 39.3 Å². The maximum atomic E-state index is 14.0. The van der Waals surface area contributed by atoms with E-state index in [2.05, 4.69) is 10.2 Å². The van der Waals surface area contributed by atoms with Crippen LogP contribution >= 0.6 is 0 Å². The number of methoxy groups -OCH3 is 2. The number of alkyl halides is 3. The summed E-state index contributed by atoms with van der Waals surface area (Å²) in [4.78, 5) is 15.5. The van der Waals surface area contributed by atoms with E-state index < -0.39 is 17.7 Å². The van der Waals surface area contributed by atoms with Crippen LogP contribution in [0.25, 0.3) is 0 Å². The van der Waals surface area contributed by atoms with Gasteiger partial charge < -0.3 is 14.8 Å². The number of piperidine rings is 1. The Morgan fingerprint density at radius 1 is 0.974 bits per heavy atom.